The summed E-state index contributed by atoms with van der Waals surface area (Å²) in [5.74, 6) is 0.748. The van der Waals surface area contributed by atoms with E-state index in [4.69, 9.17) is 14.6 Å². The second kappa shape index (κ2) is 10.8. The van der Waals surface area contributed by atoms with E-state index >= 15 is 0 Å². The first-order chi connectivity index (χ1) is 15.7. The lowest BCUT2D eigenvalue weighted by Crippen LogP contribution is -2.46. The number of nitrogens with zero attached hydrogens (tertiary/aromatic N) is 2. The summed E-state index contributed by atoms with van der Waals surface area (Å²) in [6, 6.07) is 14.2. The first-order valence-electron chi connectivity index (χ1n) is 11.4. The summed E-state index contributed by atoms with van der Waals surface area (Å²) in [5.41, 5.74) is 4.29. The first kappa shape index (κ1) is 22.6. The van der Waals surface area contributed by atoms with Crippen molar-refractivity contribution in [1.29, 1.82) is 0 Å². The minimum Gasteiger partial charge on any atom is -0.497 e. The van der Waals surface area contributed by atoms with Crippen LogP contribution in [0.25, 0.3) is 0 Å². The lowest BCUT2D eigenvalue weighted by Gasteiger charge is -2.37. The zero-order chi connectivity index (χ0) is 22.3. The molecule has 2 aromatic carbocycles. The van der Waals surface area contributed by atoms with E-state index in [2.05, 4.69) is 27.2 Å². The van der Waals surface area contributed by atoms with Crippen LogP contribution < -0.4 is 15.0 Å². The van der Waals surface area contributed by atoms with Crippen LogP contribution >= 0.6 is 0 Å². The van der Waals surface area contributed by atoms with Gasteiger partial charge in [-0.25, -0.2) is 0 Å². The van der Waals surface area contributed by atoms with Gasteiger partial charge in [0.05, 0.1) is 26.4 Å². The van der Waals surface area contributed by atoms with Gasteiger partial charge in [-0.15, -0.1) is 0 Å². The maximum Gasteiger partial charge on any atom is 0.251 e. The smallest absolute Gasteiger partial charge is 0.251 e. The Labute approximate surface area is 189 Å². The fourth-order valence-electron chi connectivity index (χ4n) is 4.51. The van der Waals surface area contributed by atoms with Gasteiger partial charge in [-0.2, -0.15) is 0 Å². The number of hydrogen-bond donors (Lipinski definition) is 2. The Morgan fingerprint density at radius 2 is 1.94 bits per heavy atom. The van der Waals surface area contributed by atoms with Gasteiger partial charge in [0.1, 0.15) is 5.75 Å². The highest BCUT2D eigenvalue weighted by Gasteiger charge is 2.24. The lowest BCUT2D eigenvalue weighted by molar-refractivity contribution is 0.0288. The molecule has 0 saturated carbocycles. The molecule has 4 rings (SSSR count). The Kier molecular flexibility index (Phi) is 7.63. The van der Waals surface area contributed by atoms with Gasteiger partial charge in [0.25, 0.3) is 5.91 Å². The van der Waals surface area contributed by atoms with Crippen LogP contribution in [0.4, 0.5) is 5.69 Å². The molecule has 0 aromatic heterocycles. The van der Waals surface area contributed by atoms with E-state index in [1.54, 1.807) is 7.11 Å². The number of aliphatic hydroxyl groups is 1. The Hall–Kier alpha value is -2.61. The normalized spacial score (nSPS) is 18.8. The summed E-state index contributed by atoms with van der Waals surface area (Å²) >= 11 is 0. The molecule has 2 N–H and O–H groups in total. The van der Waals surface area contributed by atoms with E-state index in [1.165, 1.54) is 16.8 Å². The van der Waals surface area contributed by atoms with Crippen LogP contribution in [0.1, 0.15) is 34.0 Å². The van der Waals surface area contributed by atoms with Crippen molar-refractivity contribution in [2.45, 2.75) is 18.9 Å². The summed E-state index contributed by atoms with van der Waals surface area (Å²) < 4.78 is 11.3. The third kappa shape index (κ3) is 5.41. The molecule has 0 aliphatic carbocycles. The molecule has 7 heteroatoms. The average molecular weight is 440 g/mol. The molecule has 7 nitrogen and oxygen atoms in total. The van der Waals surface area contributed by atoms with E-state index in [0.717, 1.165) is 51.3 Å². The Morgan fingerprint density at radius 3 is 2.66 bits per heavy atom. The quantitative estimate of drug-likeness (QED) is 0.657. The number of carbonyl (C=O) groups is 1. The van der Waals surface area contributed by atoms with Crippen LogP contribution in [0.15, 0.2) is 42.5 Å². The number of carbonyl (C=O) groups excluding carboxylic acids is 1. The van der Waals surface area contributed by atoms with Gasteiger partial charge in [0, 0.05) is 50.5 Å². The molecule has 2 aromatic rings. The summed E-state index contributed by atoms with van der Waals surface area (Å²) in [7, 11) is 1.69. The van der Waals surface area contributed by atoms with Crippen LogP contribution in [0.5, 0.6) is 5.75 Å². The molecular formula is C25H33N3O4. The molecule has 2 aliphatic heterocycles. The van der Waals surface area contributed by atoms with Crippen molar-refractivity contribution in [2.24, 2.45) is 0 Å². The predicted octanol–water partition coefficient (Wildman–Crippen LogP) is 2.24. The summed E-state index contributed by atoms with van der Waals surface area (Å²) in [6.07, 6.45) is 1.85. The average Bonchev–Trinajstić information content (AvgIpc) is 2.86. The fourth-order valence-corrected chi connectivity index (χ4v) is 4.51. The maximum absolute atomic E-state index is 12.2. The van der Waals surface area contributed by atoms with E-state index in [9.17, 15) is 4.79 Å². The van der Waals surface area contributed by atoms with Gasteiger partial charge in [-0.05, 0) is 60.4 Å². The molecule has 0 bridgehead atoms. The molecule has 2 aliphatic rings. The van der Waals surface area contributed by atoms with Gasteiger partial charge in [-0.3, -0.25) is 9.69 Å². The molecule has 2 heterocycles. The number of benzene rings is 2. The molecule has 1 amide bonds. The van der Waals surface area contributed by atoms with Gasteiger partial charge in [0.2, 0.25) is 0 Å². The van der Waals surface area contributed by atoms with Crippen LogP contribution in [0.2, 0.25) is 0 Å². The number of rotatable bonds is 8. The van der Waals surface area contributed by atoms with E-state index in [-0.39, 0.29) is 25.2 Å². The summed E-state index contributed by atoms with van der Waals surface area (Å²) in [6.45, 7) is 6.00. The largest absolute Gasteiger partial charge is 0.497 e. The molecule has 1 fully saturated rings. The molecule has 1 atom stereocenters. The molecule has 1 saturated heterocycles. The van der Waals surface area contributed by atoms with Crippen molar-refractivity contribution in [3.63, 3.8) is 0 Å². The van der Waals surface area contributed by atoms with Gasteiger partial charge in [0.15, 0.2) is 0 Å². The standard InChI is InChI=1S/C25H33N3O4/c1-31-22-5-3-21(4-6-22)28-14-12-27(13-15-28)11-8-24-23-7-2-20(25(30)26-10-16-29)18-19(23)9-17-32-24/h2-7,18,24,29H,8-17H2,1H3,(H,26,30). The van der Waals surface area contributed by atoms with E-state index in [0.29, 0.717) is 12.2 Å². The number of anilines is 1. The zero-order valence-corrected chi connectivity index (χ0v) is 18.8. The Morgan fingerprint density at radius 1 is 1.16 bits per heavy atom. The Balaban J connectivity index is 1.29. The number of aliphatic hydroxyl groups excluding tert-OH is 1. The van der Waals surface area contributed by atoms with Crippen molar-refractivity contribution in [2.75, 3.05) is 64.5 Å². The van der Waals surface area contributed by atoms with Gasteiger partial charge in [-0.1, -0.05) is 6.07 Å². The maximum atomic E-state index is 12.2. The van der Waals surface area contributed by atoms with E-state index in [1.807, 2.05) is 30.3 Å². The van der Waals surface area contributed by atoms with Gasteiger partial charge < -0.3 is 24.8 Å². The molecule has 1 unspecified atom stereocenters. The topological polar surface area (TPSA) is 74.3 Å². The molecule has 0 radical (unpaired) electrons. The third-order valence-corrected chi connectivity index (χ3v) is 6.36. The van der Waals surface area contributed by atoms with Crippen LogP contribution in [-0.2, 0) is 11.2 Å². The molecular weight excluding hydrogens is 406 g/mol. The number of hydrogen-bond acceptors (Lipinski definition) is 6. The Bertz CT molecular complexity index is 895. The zero-order valence-electron chi connectivity index (χ0n) is 18.8. The minimum atomic E-state index is -0.139. The minimum absolute atomic E-state index is 0.0546. The third-order valence-electron chi connectivity index (χ3n) is 6.36. The second-order valence-corrected chi connectivity index (χ2v) is 8.32. The number of piperazine rings is 1. The summed E-state index contributed by atoms with van der Waals surface area (Å²) in [5, 5.41) is 11.6. The number of amides is 1. The lowest BCUT2D eigenvalue weighted by atomic mass is 9.93. The fraction of sp³-hybridized carbons (Fsp3) is 0.480. The van der Waals surface area contributed by atoms with Crippen molar-refractivity contribution in [3.05, 3.63) is 59.2 Å². The SMILES string of the molecule is COc1ccc(N2CCN(CCC3OCCc4cc(C(=O)NCCO)ccc43)CC2)cc1. The second-order valence-electron chi connectivity index (χ2n) is 8.32. The van der Waals surface area contributed by atoms with Crippen LogP contribution in [0, 0.1) is 0 Å². The van der Waals surface area contributed by atoms with Gasteiger partial charge >= 0.3 is 0 Å². The van der Waals surface area contributed by atoms with Crippen molar-refractivity contribution in [1.82, 2.24) is 10.2 Å². The number of methoxy groups -OCH3 is 1. The molecule has 0 spiro atoms. The number of nitrogens with one attached hydrogen (secondary N) is 1. The highest BCUT2D eigenvalue weighted by atomic mass is 16.5. The molecule has 172 valence electrons. The predicted molar refractivity (Wildman–Crippen MR) is 125 cm³/mol. The van der Waals surface area contributed by atoms with Crippen molar-refractivity contribution >= 4 is 11.6 Å². The molecule has 32 heavy (non-hydrogen) atoms. The van der Waals surface area contributed by atoms with Crippen LogP contribution in [-0.4, -0.2) is 75.5 Å². The van der Waals surface area contributed by atoms with Crippen molar-refractivity contribution in [3.8, 4) is 5.75 Å². The summed E-state index contributed by atoms with van der Waals surface area (Å²) in [4.78, 5) is 17.1. The monoisotopic (exact) mass is 439 g/mol. The number of ether oxygens (including phenoxy) is 2. The highest BCUT2D eigenvalue weighted by molar-refractivity contribution is 5.94. The highest BCUT2D eigenvalue weighted by Crippen LogP contribution is 2.31. The van der Waals surface area contributed by atoms with Crippen molar-refractivity contribution < 1.29 is 19.4 Å². The first-order valence-corrected chi connectivity index (χ1v) is 11.4. The number of fused-ring (bicyclic) bond motifs is 1. The van der Waals surface area contributed by atoms with Crippen LogP contribution in [0.3, 0.4) is 0 Å². The van der Waals surface area contributed by atoms with E-state index < -0.39 is 0 Å².